The van der Waals surface area contributed by atoms with Gasteiger partial charge in [-0.1, -0.05) is 11.6 Å². The largest absolute Gasteiger partial charge is 0.481 e. The van der Waals surface area contributed by atoms with Gasteiger partial charge in [-0.05, 0) is 17.7 Å². The van der Waals surface area contributed by atoms with Crippen molar-refractivity contribution in [2.45, 2.75) is 6.42 Å². The molecule has 5 heteroatoms. The highest BCUT2D eigenvalue weighted by Crippen LogP contribution is 2.23. The van der Waals surface area contributed by atoms with E-state index >= 15 is 0 Å². The molecule has 3 nitrogen and oxygen atoms in total. The molecule has 0 fully saturated rings. The molecule has 0 aliphatic carbocycles. The van der Waals surface area contributed by atoms with Gasteiger partial charge in [0, 0.05) is 5.69 Å². The van der Waals surface area contributed by atoms with Gasteiger partial charge in [-0.15, -0.1) is 0 Å². The smallest absolute Gasteiger partial charge is 0.307 e. The second kappa shape index (κ2) is 3.62. The Morgan fingerprint density at radius 3 is 2.77 bits per heavy atom. The first-order chi connectivity index (χ1) is 6.00. The topological polar surface area (TPSA) is 63.3 Å². The van der Waals surface area contributed by atoms with Crippen molar-refractivity contribution in [1.82, 2.24) is 0 Å². The van der Waals surface area contributed by atoms with Crippen LogP contribution in [0.2, 0.25) is 5.02 Å². The van der Waals surface area contributed by atoms with Crippen molar-refractivity contribution in [1.29, 1.82) is 0 Å². The molecule has 1 rings (SSSR count). The van der Waals surface area contributed by atoms with E-state index < -0.39 is 11.8 Å². The predicted octanol–water partition coefficient (Wildman–Crippen LogP) is 1.69. The third-order valence-corrected chi connectivity index (χ3v) is 1.89. The monoisotopic (exact) mass is 203 g/mol. The molecule has 1 aromatic rings. The van der Waals surface area contributed by atoms with E-state index in [0.29, 0.717) is 0 Å². The van der Waals surface area contributed by atoms with Gasteiger partial charge >= 0.3 is 5.97 Å². The van der Waals surface area contributed by atoms with Crippen molar-refractivity contribution in [3.63, 3.8) is 0 Å². The second-order valence-corrected chi connectivity index (χ2v) is 2.92. The number of nitrogens with two attached hydrogens (primary N) is 1. The summed E-state index contributed by atoms with van der Waals surface area (Å²) >= 11 is 5.52. The van der Waals surface area contributed by atoms with Crippen molar-refractivity contribution in [3.8, 4) is 0 Å². The number of hydrogen-bond donors (Lipinski definition) is 2. The van der Waals surface area contributed by atoms with Crippen molar-refractivity contribution in [3.05, 3.63) is 28.5 Å². The van der Waals surface area contributed by atoms with Crippen LogP contribution in [-0.2, 0) is 11.2 Å². The Balaban J connectivity index is 3.12. The lowest BCUT2D eigenvalue weighted by atomic mass is 10.1. The Morgan fingerprint density at radius 1 is 1.62 bits per heavy atom. The Labute approximate surface area is 78.9 Å². The van der Waals surface area contributed by atoms with Crippen LogP contribution in [0.15, 0.2) is 12.1 Å². The highest BCUT2D eigenvalue weighted by atomic mass is 35.5. The molecule has 3 N–H and O–H groups in total. The Morgan fingerprint density at radius 2 is 2.23 bits per heavy atom. The molecule has 0 radical (unpaired) electrons. The van der Waals surface area contributed by atoms with E-state index in [9.17, 15) is 9.18 Å². The van der Waals surface area contributed by atoms with E-state index in [2.05, 4.69) is 0 Å². The number of benzene rings is 1. The first-order valence-electron chi connectivity index (χ1n) is 3.46. The van der Waals surface area contributed by atoms with Crippen LogP contribution in [0.25, 0.3) is 0 Å². The van der Waals surface area contributed by atoms with Gasteiger partial charge in [0.15, 0.2) is 0 Å². The molecule has 1 aromatic carbocycles. The Bertz CT molecular complexity index is 354. The van der Waals surface area contributed by atoms with Crippen LogP contribution in [0.1, 0.15) is 5.56 Å². The van der Waals surface area contributed by atoms with Crippen LogP contribution in [0.5, 0.6) is 0 Å². The lowest BCUT2D eigenvalue weighted by Crippen LogP contribution is -2.02. The summed E-state index contributed by atoms with van der Waals surface area (Å²) in [5.74, 6) is -1.77. The zero-order chi connectivity index (χ0) is 10.0. The fraction of sp³-hybridized carbons (Fsp3) is 0.125. The highest BCUT2D eigenvalue weighted by Gasteiger charge is 2.10. The molecule has 0 aliphatic rings. The highest BCUT2D eigenvalue weighted by molar-refractivity contribution is 6.31. The summed E-state index contributed by atoms with van der Waals surface area (Å²) in [4.78, 5) is 10.3. The summed E-state index contributed by atoms with van der Waals surface area (Å²) in [6.45, 7) is 0. The molecule has 0 amide bonds. The van der Waals surface area contributed by atoms with E-state index in [1.165, 1.54) is 6.07 Å². The van der Waals surface area contributed by atoms with E-state index in [1.807, 2.05) is 0 Å². The molecule has 0 saturated carbocycles. The number of aliphatic carboxylic acids is 1. The number of anilines is 1. The van der Waals surface area contributed by atoms with Crippen LogP contribution in [0.3, 0.4) is 0 Å². The fourth-order valence-corrected chi connectivity index (χ4v) is 1.14. The zero-order valence-corrected chi connectivity index (χ0v) is 7.31. The molecule has 0 spiro atoms. The van der Waals surface area contributed by atoms with Crippen LogP contribution < -0.4 is 5.73 Å². The maximum absolute atomic E-state index is 12.9. The number of rotatable bonds is 2. The van der Waals surface area contributed by atoms with Gasteiger partial charge in [0.2, 0.25) is 0 Å². The molecule has 0 unspecified atom stereocenters. The standard InChI is InChI=1S/C8H7ClFNO2/c9-8-4(2-7(12)13)1-5(11)3-6(8)10/h1,3H,2,11H2,(H,12,13). The number of halogens is 2. The predicted molar refractivity (Wildman–Crippen MR) is 47.2 cm³/mol. The van der Waals surface area contributed by atoms with Crippen LogP contribution in [0.4, 0.5) is 10.1 Å². The van der Waals surface area contributed by atoms with Gasteiger partial charge in [-0.3, -0.25) is 4.79 Å². The minimum Gasteiger partial charge on any atom is -0.481 e. The first kappa shape index (κ1) is 9.80. The Kier molecular flexibility index (Phi) is 2.72. The average molecular weight is 204 g/mol. The zero-order valence-electron chi connectivity index (χ0n) is 6.55. The summed E-state index contributed by atoms with van der Waals surface area (Å²) in [6.07, 6.45) is -0.333. The van der Waals surface area contributed by atoms with Gasteiger partial charge < -0.3 is 10.8 Å². The average Bonchev–Trinajstić information content (AvgIpc) is 1.98. The van der Waals surface area contributed by atoms with Gasteiger partial charge in [0.25, 0.3) is 0 Å². The number of carboxylic acids is 1. The molecule has 0 atom stereocenters. The molecule has 0 heterocycles. The van der Waals surface area contributed by atoms with E-state index in [4.69, 9.17) is 22.4 Å². The van der Waals surface area contributed by atoms with Gasteiger partial charge in [-0.2, -0.15) is 0 Å². The number of carbonyl (C=O) groups is 1. The molecule has 70 valence electrons. The second-order valence-electron chi connectivity index (χ2n) is 2.55. The van der Waals surface area contributed by atoms with Crippen LogP contribution in [0, 0.1) is 5.82 Å². The SMILES string of the molecule is Nc1cc(F)c(Cl)c(CC(=O)O)c1. The summed E-state index contributed by atoms with van der Waals surface area (Å²) in [7, 11) is 0. The quantitative estimate of drug-likeness (QED) is 0.719. The van der Waals surface area contributed by atoms with Gasteiger partial charge in [-0.25, -0.2) is 4.39 Å². The number of nitrogen functional groups attached to an aromatic ring is 1. The molecule has 13 heavy (non-hydrogen) atoms. The normalized spacial score (nSPS) is 10.0. The molecule has 0 aliphatic heterocycles. The van der Waals surface area contributed by atoms with Crippen molar-refractivity contribution >= 4 is 23.3 Å². The maximum Gasteiger partial charge on any atom is 0.307 e. The third-order valence-electron chi connectivity index (χ3n) is 1.47. The number of hydrogen-bond acceptors (Lipinski definition) is 2. The van der Waals surface area contributed by atoms with Crippen LogP contribution >= 0.6 is 11.6 Å². The molecular weight excluding hydrogens is 197 g/mol. The minimum atomic E-state index is -1.08. The maximum atomic E-state index is 12.9. The van der Waals surface area contributed by atoms with Gasteiger partial charge in [0.1, 0.15) is 5.82 Å². The minimum absolute atomic E-state index is 0.165. The number of carboxylic acid groups (broad SMARTS) is 1. The van der Waals surface area contributed by atoms with Crippen LogP contribution in [-0.4, -0.2) is 11.1 Å². The van der Waals surface area contributed by atoms with Crippen molar-refractivity contribution in [2.75, 3.05) is 5.73 Å². The van der Waals surface area contributed by atoms with Gasteiger partial charge in [0.05, 0.1) is 11.4 Å². The summed E-state index contributed by atoms with van der Waals surface area (Å²) in [5.41, 5.74) is 5.66. The summed E-state index contributed by atoms with van der Waals surface area (Å²) in [6, 6.07) is 2.40. The van der Waals surface area contributed by atoms with E-state index in [1.54, 1.807) is 0 Å². The molecule has 0 bridgehead atoms. The summed E-state index contributed by atoms with van der Waals surface area (Å²) in [5, 5.41) is 8.27. The fourth-order valence-electron chi connectivity index (χ4n) is 0.961. The lowest BCUT2D eigenvalue weighted by molar-refractivity contribution is -0.136. The Hall–Kier alpha value is -1.29. The molecule has 0 saturated heterocycles. The van der Waals surface area contributed by atoms with E-state index in [-0.39, 0.29) is 22.7 Å². The lowest BCUT2D eigenvalue weighted by Gasteiger charge is -2.03. The van der Waals surface area contributed by atoms with Crippen molar-refractivity contribution in [2.24, 2.45) is 0 Å². The summed E-state index contributed by atoms with van der Waals surface area (Å²) < 4.78 is 12.9. The van der Waals surface area contributed by atoms with E-state index in [0.717, 1.165) is 6.07 Å². The molecule has 0 aromatic heterocycles. The molecular formula is C8H7ClFNO2. The third kappa shape index (κ3) is 2.32. The van der Waals surface area contributed by atoms with Crippen molar-refractivity contribution < 1.29 is 14.3 Å². The first-order valence-corrected chi connectivity index (χ1v) is 3.83.